The van der Waals surface area contributed by atoms with E-state index in [0.717, 1.165) is 12.1 Å². The maximum atomic E-state index is 13.5. The molecule has 0 spiro atoms. The van der Waals surface area contributed by atoms with Crippen LogP contribution in [0.3, 0.4) is 0 Å². The topological polar surface area (TPSA) is 27.7 Å². The van der Waals surface area contributed by atoms with Crippen LogP contribution < -0.4 is 5.19 Å². The first-order chi connectivity index (χ1) is 7.52. The lowest BCUT2D eigenvalue weighted by atomic mass is 10.3. The second-order valence-corrected chi connectivity index (χ2v) is 5.77. The van der Waals surface area contributed by atoms with Gasteiger partial charge in [0.15, 0.2) is 17.5 Å². The molecule has 1 aromatic rings. The molecule has 90 valence electrons. The van der Waals surface area contributed by atoms with Gasteiger partial charge < -0.3 is 13.3 Å². The fourth-order valence-electron chi connectivity index (χ4n) is 1.34. The number of halogens is 3. The third kappa shape index (κ3) is 1.99. The molecule has 0 heterocycles. The number of hydrogen-bond acceptors (Lipinski definition) is 3. The predicted octanol–water partition coefficient (Wildman–Crippen LogP) is 1.19. The molecular weight excluding hydrogens is 241 g/mol. The molecule has 1 rings (SSSR count). The molecule has 0 saturated heterocycles. The zero-order valence-corrected chi connectivity index (χ0v) is 10.0. The fourth-order valence-corrected chi connectivity index (χ4v) is 3.17. The minimum Gasteiger partial charge on any atom is -0.373 e. The van der Waals surface area contributed by atoms with E-state index < -0.39 is 26.3 Å². The van der Waals surface area contributed by atoms with Gasteiger partial charge in [-0.2, -0.15) is 0 Å². The van der Waals surface area contributed by atoms with Crippen LogP contribution in [0.1, 0.15) is 0 Å². The van der Waals surface area contributed by atoms with Crippen molar-refractivity contribution < 1.29 is 26.4 Å². The average Bonchev–Trinajstić information content (AvgIpc) is 2.31. The Hall–Kier alpha value is -0.893. The molecule has 0 unspecified atom stereocenters. The van der Waals surface area contributed by atoms with Crippen molar-refractivity contribution in [1.82, 2.24) is 0 Å². The van der Waals surface area contributed by atoms with Gasteiger partial charge in [0, 0.05) is 21.3 Å². The van der Waals surface area contributed by atoms with Gasteiger partial charge in [-0.15, -0.1) is 0 Å². The summed E-state index contributed by atoms with van der Waals surface area (Å²) in [5.74, 6) is -4.19. The lowest BCUT2D eigenvalue weighted by Crippen LogP contribution is -2.56. The standard InChI is InChI=1S/C9H11F3O3Si/c1-13-16(14-2,15-3)7-5-4-6(10)8(11)9(7)12/h4-5H,1-3H3. The number of hydrogen-bond donors (Lipinski definition) is 0. The van der Waals surface area contributed by atoms with E-state index in [1.54, 1.807) is 0 Å². The molecule has 16 heavy (non-hydrogen) atoms. The predicted molar refractivity (Wildman–Crippen MR) is 52.7 cm³/mol. The summed E-state index contributed by atoms with van der Waals surface area (Å²) in [5.41, 5.74) is 0. The van der Waals surface area contributed by atoms with Gasteiger partial charge in [-0.1, -0.05) is 0 Å². The summed E-state index contributed by atoms with van der Waals surface area (Å²) in [5, 5.41) is -0.237. The van der Waals surface area contributed by atoms with Crippen LogP contribution in [0.4, 0.5) is 13.2 Å². The van der Waals surface area contributed by atoms with Gasteiger partial charge in [0.2, 0.25) is 0 Å². The smallest absolute Gasteiger partial charge is 0.373 e. The SMILES string of the molecule is CO[Si](OC)(OC)c1ccc(F)c(F)c1F. The third-order valence-corrected chi connectivity index (χ3v) is 4.83. The molecule has 0 atom stereocenters. The molecule has 1 aromatic carbocycles. The molecule has 0 aromatic heterocycles. The van der Waals surface area contributed by atoms with Crippen LogP contribution in [-0.2, 0) is 13.3 Å². The van der Waals surface area contributed by atoms with E-state index in [1.165, 1.54) is 21.3 Å². The Labute approximate surface area is 92.1 Å². The van der Waals surface area contributed by atoms with Crippen molar-refractivity contribution in [3.05, 3.63) is 29.6 Å². The van der Waals surface area contributed by atoms with Crippen molar-refractivity contribution in [2.75, 3.05) is 21.3 Å². The van der Waals surface area contributed by atoms with Crippen molar-refractivity contribution in [3.63, 3.8) is 0 Å². The highest BCUT2D eigenvalue weighted by molar-refractivity contribution is 6.75. The summed E-state index contributed by atoms with van der Waals surface area (Å²) in [6.07, 6.45) is 0. The summed E-state index contributed by atoms with van der Waals surface area (Å²) in [4.78, 5) is 0. The maximum absolute atomic E-state index is 13.5. The van der Waals surface area contributed by atoms with Gasteiger partial charge in [-0.05, 0) is 12.1 Å². The van der Waals surface area contributed by atoms with Gasteiger partial charge in [-0.25, -0.2) is 13.2 Å². The number of benzene rings is 1. The van der Waals surface area contributed by atoms with Crippen molar-refractivity contribution in [2.45, 2.75) is 0 Å². The molecule has 0 saturated carbocycles. The van der Waals surface area contributed by atoms with Crippen LogP contribution in [-0.4, -0.2) is 30.1 Å². The van der Waals surface area contributed by atoms with Crippen molar-refractivity contribution in [3.8, 4) is 0 Å². The molecular formula is C9H11F3O3Si. The second kappa shape index (κ2) is 4.96. The Morgan fingerprint density at radius 2 is 1.38 bits per heavy atom. The summed E-state index contributed by atoms with van der Waals surface area (Å²) >= 11 is 0. The average molecular weight is 252 g/mol. The molecule has 0 fully saturated rings. The second-order valence-electron chi connectivity index (χ2n) is 2.89. The normalized spacial score (nSPS) is 11.9. The van der Waals surface area contributed by atoms with E-state index >= 15 is 0 Å². The van der Waals surface area contributed by atoms with Gasteiger partial charge in [0.05, 0.1) is 5.19 Å². The fraction of sp³-hybridized carbons (Fsp3) is 0.333. The van der Waals surface area contributed by atoms with Crippen molar-refractivity contribution in [1.29, 1.82) is 0 Å². The molecule has 0 N–H and O–H groups in total. The van der Waals surface area contributed by atoms with E-state index in [1.807, 2.05) is 0 Å². The van der Waals surface area contributed by atoms with E-state index in [-0.39, 0.29) is 5.19 Å². The van der Waals surface area contributed by atoms with Crippen LogP contribution in [0.25, 0.3) is 0 Å². The third-order valence-electron chi connectivity index (χ3n) is 2.17. The van der Waals surface area contributed by atoms with Gasteiger partial charge >= 0.3 is 8.80 Å². The summed E-state index contributed by atoms with van der Waals surface area (Å²) in [7, 11) is 0.276. The first-order valence-corrected chi connectivity index (χ1v) is 6.04. The van der Waals surface area contributed by atoms with E-state index in [0.29, 0.717) is 0 Å². The first-order valence-electron chi connectivity index (χ1n) is 4.31. The Balaban J connectivity index is 3.36. The quantitative estimate of drug-likeness (QED) is 0.595. The highest BCUT2D eigenvalue weighted by Crippen LogP contribution is 2.14. The van der Waals surface area contributed by atoms with E-state index in [2.05, 4.69) is 0 Å². The minimum absolute atomic E-state index is 0.237. The summed E-state index contributed by atoms with van der Waals surface area (Å²) in [6.45, 7) is 0. The van der Waals surface area contributed by atoms with Crippen LogP contribution in [0.5, 0.6) is 0 Å². The molecule has 3 nitrogen and oxygen atoms in total. The Morgan fingerprint density at radius 3 is 1.81 bits per heavy atom. The zero-order valence-electron chi connectivity index (χ0n) is 9.01. The largest absolute Gasteiger partial charge is 0.539 e. The highest BCUT2D eigenvalue weighted by atomic mass is 28.4. The Bertz CT molecular complexity index is 374. The Kier molecular flexibility index (Phi) is 4.08. The minimum atomic E-state index is -3.47. The summed E-state index contributed by atoms with van der Waals surface area (Å²) < 4.78 is 54.2. The van der Waals surface area contributed by atoms with Crippen molar-refractivity contribution >= 4 is 14.0 Å². The van der Waals surface area contributed by atoms with E-state index in [4.69, 9.17) is 13.3 Å². The molecule has 7 heteroatoms. The van der Waals surface area contributed by atoms with Gasteiger partial charge in [-0.3, -0.25) is 0 Å². The monoisotopic (exact) mass is 252 g/mol. The van der Waals surface area contributed by atoms with E-state index in [9.17, 15) is 13.2 Å². The van der Waals surface area contributed by atoms with Crippen LogP contribution in [0, 0.1) is 17.5 Å². The molecule has 0 aliphatic heterocycles. The lowest BCUT2D eigenvalue weighted by Gasteiger charge is -2.24. The highest BCUT2D eigenvalue weighted by Gasteiger charge is 2.44. The van der Waals surface area contributed by atoms with Crippen LogP contribution in [0.15, 0.2) is 12.1 Å². The molecule has 0 amide bonds. The van der Waals surface area contributed by atoms with Crippen LogP contribution in [0.2, 0.25) is 0 Å². The van der Waals surface area contributed by atoms with Gasteiger partial charge in [0.25, 0.3) is 0 Å². The maximum Gasteiger partial charge on any atom is 0.539 e. The van der Waals surface area contributed by atoms with Crippen LogP contribution >= 0.6 is 0 Å². The van der Waals surface area contributed by atoms with Gasteiger partial charge in [0.1, 0.15) is 0 Å². The zero-order chi connectivity index (χ0) is 12.3. The first kappa shape index (κ1) is 13.2. The molecule has 0 aliphatic rings. The molecule has 0 aliphatic carbocycles. The Morgan fingerprint density at radius 1 is 0.875 bits per heavy atom. The molecule has 0 bridgehead atoms. The molecule has 0 radical (unpaired) electrons. The van der Waals surface area contributed by atoms with Crippen molar-refractivity contribution in [2.24, 2.45) is 0 Å². The lowest BCUT2D eigenvalue weighted by molar-refractivity contribution is 0.139. The number of rotatable bonds is 4. The summed E-state index contributed by atoms with van der Waals surface area (Å²) in [6, 6.07) is 1.85.